The molecule has 150 valence electrons. The third kappa shape index (κ3) is 4.89. The number of hydrogen-bond donors (Lipinski definition) is 1. The zero-order valence-electron chi connectivity index (χ0n) is 15.0. The smallest absolute Gasteiger partial charge is 0.261 e. The predicted octanol–water partition coefficient (Wildman–Crippen LogP) is 3.28. The number of benzene rings is 2. The molecule has 0 unspecified atom stereocenters. The van der Waals surface area contributed by atoms with Crippen LogP contribution in [0, 0.1) is 0 Å². The maximum atomic E-state index is 12.8. The lowest BCUT2D eigenvalue weighted by Gasteiger charge is -2.13. The summed E-state index contributed by atoms with van der Waals surface area (Å²) in [6.07, 6.45) is 3.98. The van der Waals surface area contributed by atoms with Crippen LogP contribution in [0.3, 0.4) is 0 Å². The summed E-state index contributed by atoms with van der Waals surface area (Å²) in [5.41, 5.74) is 0.611. The van der Waals surface area contributed by atoms with Gasteiger partial charge in [-0.05, 0) is 54.6 Å². The van der Waals surface area contributed by atoms with Crippen molar-refractivity contribution in [2.24, 2.45) is 0 Å². The predicted molar refractivity (Wildman–Crippen MR) is 112 cm³/mol. The van der Waals surface area contributed by atoms with Crippen molar-refractivity contribution < 1.29 is 21.6 Å². The molecule has 10 heteroatoms. The molecule has 3 rings (SSSR count). The molecule has 0 saturated carbocycles. The van der Waals surface area contributed by atoms with Gasteiger partial charge in [0.05, 0.1) is 15.5 Å². The SMILES string of the molecule is CS(=O)(=O)c1ccc(S(=O)(=O)Nc2ccc(Br)cc2C(=O)c2ccncc2)cc1. The van der Waals surface area contributed by atoms with E-state index in [-0.39, 0.29) is 26.8 Å². The molecule has 1 heterocycles. The first-order chi connectivity index (χ1) is 13.6. The first kappa shape index (κ1) is 21.2. The van der Waals surface area contributed by atoms with Gasteiger partial charge < -0.3 is 0 Å². The van der Waals surface area contributed by atoms with E-state index in [1.54, 1.807) is 6.07 Å². The fourth-order valence-electron chi connectivity index (χ4n) is 2.52. The molecule has 0 atom stereocenters. The van der Waals surface area contributed by atoms with Crippen molar-refractivity contribution in [2.45, 2.75) is 9.79 Å². The van der Waals surface area contributed by atoms with Crippen LogP contribution in [0.4, 0.5) is 5.69 Å². The Hall–Kier alpha value is -2.56. The third-order valence-corrected chi connectivity index (χ3v) is 6.98. The largest absolute Gasteiger partial charge is 0.289 e. The maximum Gasteiger partial charge on any atom is 0.261 e. The molecule has 2 aromatic carbocycles. The molecule has 1 N–H and O–H groups in total. The maximum absolute atomic E-state index is 12.8. The van der Waals surface area contributed by atoms with E-state index < -0.39 is 19.9 Å². The first-order valence-corrected chi connectivity index (χ1v) is 12.3. The second-order valence-corrected chi connectivity index (χ2v) is 10.7. The molecule has 0 amide bonds. The molecule has 0 spiro atoms. The zero-order valence-corrected chi connectivity index (χ0v) is 18.3. The fourth-order valence-corrected chi connectivity index (χ4v) is 4.59. The van der Waals surface area contributed by atoms with Crippen molar-refractivity contribution >= 4 is 47.3 Å². The molecule has 7 nitrogen and oxygen atoms in total. The minimum absolute atomic E-state index is 0.00801. The number of pyridine rings is 1. The van der Waals surface area contributed by atoms with Gasteiger partial charge in [0.2, 0.25) is 0 Å². The number of sulfonamides is 1. The lowest BCUT2D eigenvalue weighted by Crippen LogP contribution is -2.16. The standard InChI is InChI=1S/C19H15BrN2O5S2/c1-28(24,25)15-3-5-16(6-4-15)29(26,27)22-18-7-2-14(20)12-17(18)19(23)13-8-10-21-11-9-13/h2-12,22H,1H3. The van der Waals surface area contributed by atoms with Crippen molar-refractivity contribution in [3.05, 3.63) is 82.6 Å². The van der Waals surface area contributed by atoms with Gasteiger partial charge in [0.15, 0.2) is 15.6 Å². The number of sulfone groups is 1. The van der Waals surface area contributed by atoms with Gasteiger partial charge in [0, 0.05) is 34.2 Å². The first-order valence-electron chi connectivity index (χ1n) is 8.15. The van der Waals surface area contributed by atoms with Gasteiger partial charge in [-0.2, -0.15) is 0 Å². The Labute approximate surface area is 176 Å². The van der Waals surface area contributed by atoms with Crippen molar-refractivity contribution in [2.75, 3.05) is 11.0 Å². The number of nitrogens with one attached hydrogen (secondary N) is 1. The number of hydrogen-bond acceptors (Lipinski definition) is 6. The molecule has 29 heavy (non-hydrogen) atoms. The van der Waals surface area contributed by atoms with Crippen LogP contribution in [0.15, 0.2) is 81.3 Å². The molecule has 0 bridgehead atoms. The topological polar surface area (TPSA) is 110 Å². The Balaban J connectivity index is 1.98. The summed E-state index contributed by atoms with van der Waals surface area (Å²) >= 11 is 3.29. The molecule has 0 aliphatic rings. The van der Waals surface area contributed by atoms with E-state index in [2.05, 4.69) is 25.6 Å². The average Bonchev–Trinajstić information content (AvgIpc) is 2.69. The highest BCUT2D eigenvalue weighted by atomic mass is 79.9. The van der Waals surface area contributed by atoms with Gasteiger partial charge in [-0.15, -0.1) is 0 Å². The molecule has 0 aliphatic heterocycles. The summed E-state index contributed by atoms with van der Waals surface area (Å²) in [6.45, 7) is 0. The van der Waals surface area contributed by atoms with Gasteiger partial charge in [-0.3, -0.25) is 14.5 Å². The number of halogens is 1. The van der Waals surface area contributed by atoms with E-state index >= 15 is 0 Å². The molecule has 3 aromatic rings. The summed E-state index contributed by atoms with van der Waals surface area (Å²) in [5.74, 6) is -0.376. The number of aromatic nitrogens is 1. The second-order valence-electron chi connectivity index (χ2n) is 6.10. The van der Waals surface area contributed by atoms with Gasteiger partial charge in [-0.1, -0.05) is 15.9 Å². The minimum atomic E-state index is -4.05. The fraction of sp³-hybridized carbons (Fsp3) is 0.0526. The molecule has 0 fully saturated rings. The summed E-state index contributed by atoms with van der Waals surface area (Å²) in [7, 11) is -7.50. The highest BCUT2D eigenvalue weighted by Crippen LogP contribution is 2.26. The Morgan fingerprint density at radius 1 is 0.897 bits per heavy atom. The number of ketones is 1. The van der Waals surface area contributed by atoms with Gasteiger partial charge in [0.25, 0.3) is 10.0 Å². The van der Waals surface area contributed by atoms with Crippen LogP contribution in [0.25, 0.3) is 0 Å². The Kier molecular flexibility index (Phi) is 5.87. The molecule has 0 saturated heterocycles. The lowest BCUT2D eigenvalue weighted by molar-refractivity contribution is 0.103. The number of carbonyl (C=O) groups excluding carboxylic acids is 1. The molecule has 0 aliphatic carbocycles. The summed E-state index contributed by atoms with van der Waals surface area (Å²) in [4.78, 5) is 16.6. The second kappa shape index (κ2) is 8.05. The van der Waals surface area contributed by atoms with Gasteiger partial charge in [0.1, 0.15) is 0 Å². The van der Waals surface area contributed by atoms with E-state index in [9.17, 15) is 21.6 Å². The number of anilines is 1. The highest BCUT2D eigenvalue weighted by Gasteiger charge is 2.21. The van der Waals surface area contributed by atoms with Crippen molar-refractivity contribution in [3.63, 3.8) is 0 Å². The van der Waals surface area contributed by atoms with Crippen molar-refractivity contribution in [1.29, 1.82) is 0 Å². The number of carbonyl (C=O) groups is 1. The highest BCUT2D eigenvalue weighted by molar-refractivity contribution is 9.10. The lowest BCUT2D eigenvalue weighted by atomic mass is 10.0. The van der Waals surface area contributed by atoms with E-state index in [1.165, 1.54) is 60.9 Å². The van der Waals surface area contributed by atoms with E-state index in [4.69, 9.17) is 0 Å². The Morgan fingerprint density at radius 2 is 1.48 bits per heavy atom. The van der Waals surface area contributed by atoms with Gasteiger partial charge in [-0.25, -0.2) is 16.8 Å². The average molecular weight is 495 g/mol. The number of nitrogens with zero attached hydrogens (tertiary/aromatic N) is 1. The Bertz CT molecular complexity index is 1270. The van der Waals surface area contributed by atoms with E-state index in [0.717, 1.165) is 6.26 Å². The van der Waals surface area contributed by atoms with Crippen LogP contribution in [0.5, 0.6) is 0 Å². The van der Waals surface area contributed by atoms with Crippen molar-refractivity contribution in [1.82, 2.24) is 4.98 Å². The normalized spacial score (nSPS) is 11.8. The van der Waals surface area contributed by atoms with Crippen LogP contribution < -0.4 is 4.72 Å². The summed E-state index contributed by atoms with van der Waals surface area (Å²) < 4.78 is 51.7. The number of rotatable bonds is 6. The van der Waals surface area contributed by atoms with Crippen molar-refractivity contribution in [3.8, 4) is 0 Å². The van der Waals surface area contributed by atoms with Crippen LogP contribution in [-0.2, 0) is 19.9 Å². The van der Waals surface area contributed by atoms with Crippen LogP contribution >= 0.6 is 15.9 Å². The zero-order chi connectivity index (χ0) is 21.2. The quantitative estimate of drug-likeness (QED) is 0.526. The molecular weight excluding hydrogens is 480 g/mol. The van der Waals surface area contributed by atoms with Crippen LogP contribution in [0.1, 0.15) is 15.9 Å². The summed E-state index contributed by atoms with van der Waals surface area (Å²) in [5, 5.41) is 0. The summed E-state index contributed by atoms with van der Waals surface area (Å²) in [6, 6.07) is 12.5. The molecular formula is C19H15BrN2O5S2. The van der Waals surface area contributed by atoms with Crippen LogP contribution in [0.2, 0.25) is 0 Å². The van der Waals surface area contributed by atoms with Gasteiger partial charge >= 0.3 is 0 Å². The minimum Gasteiger partial charge on any atom is -0.289 e. The monoisotopic (exact) mass is 494 g/mol. The van der Waals surface area contributed by atoms with E-state index in [1.807, 2.05) is 0 Å². The molecule has 0 radical (unpaired) electrons. The van der Waals surface area contributed by atoms with E-state index in [0.29, 0.717) is 10.0 Å². The molecule has 1 aromatic heterocycles. The Morgan fingerprint density at radius 3 is 2.07 bits per heavy atom. The third-order valence-electron chi connectivity index (χ3n) is 3.98. The van der Waals surface area contributed by atoms with Crippen LogP contribution in [-0.4, -0.2) is 33.9 Å².